The van der Waals surface area contributed by atoms with Crippen molar-refractivity contribution >= 4 is 28.5 Å². The van der Waals surface area contributed by atoms with Crippen LogP contribution in [0.5, 0.6) is 5.75 Å². The number of fused-ring (bicyclic) bond motifs is 1. The number of rotatable bonds is 7. The number of aromatic nitrogens is 3. The van der Waals surface area contributed by atoms with Gasteiger partial charge in [-0.3, -0.25) is 9.59 Å². The molecular formula is C28H32F3N7O3. The maximum absolute atomic E-state index is 13.4. The minimum atomic E-state index is -4.47. The van der Waals surface area contributed by atoms with Crippen molar-refractivity contribution in [1.29, 1.82) is 0 Å². The van der Waals surface area contributed by atoms with E-state index < -0.39 is 18.6 Å². The number of pyridine rings is 1. The van der Waals surface area contributed by atoms with E-state index in [0.29, 0.717) is 17.0 Å². The van der Waals surface area contributed by atoms with E-state index in [1.807, 2.05) is 7.05 Å². The number of hydrogen-bond donors (Lipinski definition) is 3. The predicted octanol–water partition coefficient (Wildman–Crippen LogP) is 2.90. The second-order valence-corrected chi connectivity index (χ2v) is 9.99. The van der Waals surface area contributed by atoms with Crippen LogP contribution in [0, 0.1) is 17.8 Å². The zero-order valence-corrected chi connectivity index (χ0v) is 23.2. The Morgan fingerprint density at radius 2 is 1.98 bits per heavy atom. The van der Waals surface area contributed by atoms with Crippen molar-refractivity contribution < 1.29 is 27.5 Å². The monoisotopic (exact) mass is 571 g/mol. The Bertz CT molecular complexity index is 1490. The summed E-state index contributed by atoms with van der Waals surface area (Å²) in [6.45, 7) is 2.60. The van der Waals surface area contributed by atoms with Crippen LogP contribution in [0.1, 0.15) is 39.8 Å². The van der Waals surface area contributed by atoms with E-state index in [0.717, 1.165) is 30.4 Å². The van der Waals surface area contributed by atoms with Gasteiger partial charge in [-0.25, -0.2) is 9.97 Å². The maximum Gasteiger partial charge on any atom is 0.406 e. The number of likely N-dealkylation sites (tertiary alicyclic amines) is 1. The molecule has 0 aliphatic carbocycles. The molecule has 2 atom stereocenters. The summed E-state index contributed by atoms with van der Waals surface area (Å²) in [7, 11) is 4.98. The number of carbonyl (C=O) groups excluding carboxylic acids is 2. The summed E-state index contributed by atoms with van der Waals surface area (Å²) in [5, 5.41) is 8.59. The van der Waals surface area contributed by atoms with Gasteiger partial charge in [-0.1, -0.05) is 18.8 Å². The summed E-state index contributed by atoms with van der Waals surface area (Å²) in [6, 6.07) is 4.47. The van der Waals surface area contributed by atoms with Crippen molar-refractivity contribution in [3.63, 3.8) is 0 Å². The Balaban J connectivity index is 1.60. The largest absolute Gasteiger partial charge is 0.494 e. The highest BCUT2D eigenvalue weighted by molar-refractivity contribution is 6.05. The number of nitrogens with one attached hydrogen (secondary N) is 3. The number of piperidine rings is 1. The fourth-order valence-corrected chi connectivity index (χ4v) is 4.82. The number of hydrogen-bond acceptors (Lipinski definition) is 7. The number of halogens is 3. The number of carbonyl (C=O) groups is 2. The van der Waals surface area contributed by atoms with E-state index in [1.54, 1.807) is 6.07 Å². The van der Waals surface area contributed by atoms with Crippen molar-refractivity contribution in [2.24, 2.45) is 5.92 Å². The van der Waals surface area contributed by atoms with Crippen LogP contribution in [0.25, 0.3) is 11.0 Å². The van der Waals surface area contributed by atoms with Crippen LogP contribution < -0.4 is 20.7 Å². The fraction of sp³-hybridized carbons (Fsp3) is 0.429. The number of methoxy groups -OCH3 is 1. The molecule has 41 heavy (non-hydrogen) atoms. The Labute approximate surface area is 235 Å². The molecule has 0 radical (unpaired) electrons. The Hall–Kier alpha value is -4.31. The number of alkyl halides is 3. The Morgan fingerprint density at radius 3 is 2.66 bits per heavy atom. The first kappa shape index (κ1) is 29.7. The molecule has 1 saturated heterocycles. The minimum absolute atomic E-state index is 0.0664. The quantitative estimate of drug-likeness (QED) is 0.374. The van der Waals surface area contributed by atoms with Gasteiger partial charge in [0.25, 0.3) is 11.8 Å². The van der Waals surface area contributed by atoms with Gasteiger partial charge in [-0.15, -0.1) is 0 Å². The third kappa shape index (κ3) is 7.26. The highest BCUT2D eigenvalue weighted by Crippen LogP contribution is 2.26. The molecule has 3 N–H and O–H groups in total. The van der Waals surface area contributed by atoms with Crippen molar-refractivity contribution in [1.82, 2.24) is 30.1 Å². The van der Waals surface area contributed by atoms with E-state index in [1.165, 1.54) is 32.5 Å². The van der Waals surface area contributed by atoms with Gasteiger partial charge in [0, 0.05) is 31.3 Å². The summed E-state index contributed by atoms with van der Waals surface area (Å²) in [4.78, 5) is 35.7. The van der Waals surface area contributed by atoms with E-state index in [-0.39, 0.29) is 46.7 Å². The summed E-state index contributed by atoms with van der Waals surface area (Å²) in [6.07, 6.45) is -1.17. The lowest BCUT2D eigenvalue weighted by atomic mass is 9.93. The smallest absolute Gasteiger partial charge is 0.406 e. The zero-order chi connectivity index (χ0) is 29.7. The molecule has 0 bridgehead atoms. The molecule has 218 valence electrons. The normalized spacial score (nSPS) is 17.4. The van der Waals surface area contributed by atoms with Gasteiger partial charge >= 0.3 is 6.18 Å². The van der Waals surface area contributed by atoms with Gasteiger partial charge in [-0.05, 0) is 38.1 Å². The van der Waals surface area contributed by atoms with E-state index in [2.05, 4.69) is 49.6 Å². The van der Waals surface area contributed by atoms with Gasteiger partial charge in [0.1, 0.15) is 23.5 Å². The van der Waals surface area contributed by atoms with Crippen LogP contribution in [0.3, 0.4) is 0 Å². The number of amides is 2. The van der Waals surface area contributed by atoms with E-state index in [9.17, 15) is 22.8 Å². The lowest BCUT2D eigenvalue weighted by Gasteiger charge is -2.35. The SMILES string of the molecule is CNC(=O)c1cc(OC)c(NCC#Cc2cc(C(=O)N[C@H]3CCN(C)C[C@@H]3C)c3ncn(CC(F)(F)F)c3c2)cn1. The lowest BCUT2D eigenvalue weighted by Crippen LogP contribution is -2.48. The third-order valence-corrected chi connectivity index (χ3v) is 6.89. The molecule has 3 heterocycles. The van der Waals surface area contributed by atoms with Crippen LogP contribution >= 0.6 is 0 Å². The summed E-state index contributed by atoms with van der Waals surface area (Å²) < 4.78 is 46.0. The van der Waals surface area contributed by atoms with Crippen molar-refractivity contribution in [3.05, 3.63) is 47.5 Å². The molecule has 1 aliphatic rings. The Morgan fingerprint density at radius 1 is 1.20 bits per heavy atom. The number of nitrogens with zero attached hydrogens (tertiary/aromatic N) is 4. The van der Waals surface area contributed by atoms with E-state index in [4.69, 9.17) is 4.74 Å². The fourth-order valence-electron chi connectivity index (χ4n) is 4.82. The van der Waals surface area contributed by atoms with Crippen molar-refractivity contribution in [2.75, 3.05) is 46.2 Å². The highest BCUT2D eigenvalue weighted by atomic mass is 19.4. The zero-order valence-electron chi connectivity index (χ0n) is 23.2. The number of ether oxygens (including phenoxy) is 1. The molecule has 13 heteroatoms. The van der Waals surface area contributed by atoms with Crippen LogP contribution in [0.2, 0.25) is 0 Å². The molecular weight excluding hydrogens is 539 g/mol. The lowest BCUT2D eigenvalue weighted by molar-refractivity contribution is -0.139. The van der Waals surface area contributed by atoms with Gasteiger partial charge in [0.05, 0.1) is 42.9 Å². The average molecular weight is 572 g/mol. The molecule has 0 saturated carbocycles. The molecule has 1 fully saturated rings. The number of imidazole rings is 1. The molecule has 4 rings (SSSR count). The molecule has 0 spiro atoms. The van der Waals surface area contributed by atoms with E-state index >= 15 is 0 Å². The number of benzene rings is 1. The van der Waals surface area contributed by atoms with Gasteiger partial charge in [0.15, 0.2) is 0 Å². The number of anilines is 1. The highest BCUT2D eigenvalue weighted by Gasteiger charge is 2.30. The third-order valence-electron chi connectivity index (χ3n) is 6.89. The van der Waals surface area contributed by atoms with Gasteiger partial charge < -0.3 is 30.2 Å². The molecule has 2 amide bonds. The first-order valence-electron chi connectivity index (χ1n) is 13.0. The predicted molar refractivity (Wildman–Crippen MR) is 148 cm³/mol. The molecule has 10 nitrogen and oxygen atoms in total. The standard InChI is InChI=1S/C28H32F3N7O3/c1-17-14-37(3)9-7-20(17)36-26(39)19-10-18(11-23-25(19)35-16-38(23)15-28(29,30)31)6-5-8-33-22-13-34-21(27(40)32-2)12-24(22)41-4/h10-13,16-17,20,33H,7-9,14-15H2,1-4H3,(H,32,40)(H,36,39)/t17-,20-/m0/s1. The molecule has 3 aromatic rings. The van der Waals surface area contributed by atoms with Crippen LogP contribution in [0.4, 0.5) is 18.9 Å². The molecule has 0 unspecified atom stereocenters. The van der Waals surface area contributed by atoms with Crippen LogP contribution in [-0.2, 0) is 6.54 Å². The van der Waals surface area contributed by atoms with Crippen molar-refractivity contribution in [3.8, 4) is 17.6 Å². The second-order valence-electron chi connectivity index (χ2n) is 9.99. The van der Waals surface area contributed by atoms with Crippen molar-refractivity contribution in [2.45, 2.75) is 32.1 Å². The summed E-state index contributed by atoms with van der Waals surface area (Å²) >= 11 is 0. The topological polar surface area (TPSA) is 113 Å². The molecule has 1 aliphatic heterocycles. The minimum Gasteiger partial charge on any atom is -0.494 e. The summed E-state index contributed by atoms with van der Waals surface area (Å²) in [5.41, 5.74) is 1.57. The van der Waals surface area contributed by atoms with Crippen LogP contribution in [-0.4, -0.2) is 84.3 Å². The second kappa shape index (κ2) is 12.5. The van der Waals surface area contributed by atoms with Gasteiger partial charge in [0.2, 0.25) is 0 Å². The molecule has 2 aromatic heterocycles. The maximum atomic E-state index is 13.4. The first-order valence-corrected chi connectivity index (χ1v) is 13.0. The average Bonchev–Trinajstić information content (AvgIpc) is 3.32. The summed E-state index contributed by atoms with van der Waals surface area (Å²) in [5.74, 6) is 5.69. The Kier molecular flexibility index (Phi) is 9.02. The molecule has 1 aromatic carbocycles. The van der Waals surface area contributed by atoms with Gasteiger partial charge in [-0.2, -0.15) is 13.2 Å². The van der Waals surface area contributed by atoms with Crippen LogP contribution in [0.15, 0.2) is 30.7 Å². The first-order chi connectivity index (χ1) is 19.5.